The average molecular weight is 306 g/mol. The van der Waals surface area contributed by atoms with Crippen molar-refractivity contribution >= 4 is 32.4 Å². The fourth-order valence-corrected chi connectivity index (χ4v) is 3.66. The van der Waals surface area contributed by atoms with Crippen molar-refractivity contribution in [2.75, 3.05) is 24.3 Å². The van der Waals surface area contributed by atoms with E-state index in [-0.39, 0.29) is 24.0 Å². The molecule has 1 fully saturated rings. The molecule has 1 aromatic heterocycles. The summed E-state index contributed by atoms with van der Waals surface area (Å²) in [4.78, 5) is 13.3. The Morgan fingerprint density at radius 2 is 2.26 bits per heavy atom. The van der Waals surface area contributed by atoms with Gasteiger partial charge in [0.15, 0.2) is 0 Å². The van der Waals surface area contributed by atoms with Gasteiger partial charge in [-0.05, 0) is 0 Å². The lowest BCUT2D eigenvalue weighted by molar-refractivity contribution is -0.117. The number of carbonyl (C=O) groups is 1. The van der Waals surface area contributed by atoms with Crippen LogP contribution in [0.15, 0.2) is 0 Å². The number of primary sulfonamides is 1. The highest BCUT2D eigenvalue weighted by atomic mass is 32.2. The number of carbonyl (C=O) groups excluding carboxylic acids is 1. The maximum absolute atomic E-state index is 11.8. The molecule has 1 atom stereocenters. The quantitative estimate of drug-likeness (QED) is 0.771. The summed E-state index contributed by atoms with van der Waals surface area (Å²) in [6.45, 7) is 0.636. The molecule has 0 aliphatic carbocycles. The summed E-state index contributed by atoms with van der Waals surface area (Å²) in [6.07, 6.45) is 0.162. The van der Waals surface area contributed by atoms with Crippen LogP contribution in [0, 0.1) is 5.92 Å². The molecule has 0 saturated carbocycles. The fraction of sp³-hybridized carbons (Fsp3) is 0.667. The third-order valence-electron chi connectivity index (χ3n) is 2.63. The number of sulfonamides is 1. The molecule has 19 heavy (non-hydrogen) atoms. The van der Waals surface area contributed by atoms with Gasteiger partial charge in [-0.3, -0.25) is 9.69 Å². The summed E-state index contributed by atoms with van der Waals surface area (Å²) in [5.74, 6) is -0.648. The van der Waals surface area contributed by atoms with Gasteiger partial charge in [0, 0.05) is 26.0 Å². The highest BCUT2D eigenvalue weighted by molar-refractivity contribution is 7.89. The van der Waals surface area contributed by atoms with E-state index in [9.17, 15) is 13.2 Å². The highest BCUT2D eigenvalue weighted by Crippen LogP contribution is 2.28. The van der Waals surface area contributed by atoms with Crippen LogP contribution in [-0.4, -0.2) is 43.9 Å². The molecule has 8 nitrogen and oxygen atoms in total. The normalized spacial score (nSPS) is 20.2. The van der Waals surface area contributed by atoms with Crippen LogP contribution in [0.3, 0.4) is 0 Å². The molecule has 2 heterocycles. The second-order valence-corrected chi connectivity index (χ2v) is 7.01. The number of aromatic nitrogens is 2. The monoisotopic (exact) mass is 306 g/mol. The molecule has 1 aromatic rings. The van der Waals surface area contributed by atoms with Crippen LogP contribution >= 0.6 is 11.3 Å². The Labute approximate surface area is 114 Å². The average Bonchev–Trinajstić information content (AvgIpc) is 2.84. The number of nitrogens with zero attached hydrogens (tertiary/aromatic N) is 3. The van der Waals surface area contributed by atoms with E-state index in [0.717, 1.165) is 0 Å². The molecule has 1 amide bonds. The van der Waals surface area contributed by atoms with Crippen LogP contribution in [0.4, 0.5) is 5.13 Å². The molecule has 106 valence electrons. The van der Waals surface area contributed by atoms with Gasteiger partial charge < -0.3 is 4.74 Å². The number of ether oxygens (including phenoxy) is 1. The number of rotatable bonds is 5. The van der Waals surface area contributed by atoms with Crippen LogP contribution in [0.25, 0.3) is 0 Å². The lowest BCUT2D eigenvalue weighted by Gasteiger charge is -2.11. The lowest BCUT2D eigenvalue weighted by atomic mass is 10.1. The first-order chi connectivity index (χ1) is 8.89. The van der Waals surface area contributed by atoms with E-state index < -0.39 is 10.0 Å². The predicted molar refractivity (Wildman–Crippen MR) is 69.1 cm³/mol. The Hall–Kier alpha value is -1.10. The van der Waals surface area contributed by atoms with E-state index >= 15 is 0 Å². The standard InChI is InChI=1S/C9H14N4O4S2/c1-17-4-7-11-12-9(18-7)13-3-6(2-8(13)14)5-19(10,15)16/h6H,2-5H2,1H3,(H2,10,15,16). The highest BCUT2D eigenvalue weighted by Gasteiger charge is 2.34. The van der Waals surface area contributed by atoms with Crippen LogP contribution < -0.4 is 10.0 Å². The Morgan fingerprint density at radius 1 is 1.53 bits per heavy atom. The first kappa shape index (κ1) is 14.3. The molecule has 0 radical (unpaired) electrons. The van der Waals surface area contributed by atoms with Crippen LogP contribution in [0.2, 0.25) is 0 Å². The first-order valence-electron chi connectivity index (χ1n) is 5.51. The van der Waals surface area contributed by atoms with Crippen molar-refractivity contribution in [1.29, 1.82) is 0 Å². The van der Waals surface area contributed by atoms with Gasteiger partial charge in [-0.2, -0.15) is 0 Å². The second kappa shape index (κ2) is 5.49. The fourth-order valence-electron chi connectivity index (χ4n) is 1.94. The Morgan fingerprint density at radius 3 is 2.89 bits per heavy atom. The molecule has 0 bridgehead atoms. The van der Waals surface area contributed by atoms with Gasteiger partial charge in [0.25, 0.3) is 0 Å². The minimum atomic E-state index is -3.57. The second-order valence-electron chi connectivity index (χ2n) is 4.32. The zero-order chi connectivity index (χ0) is 14.0. The summed E-state index contributed by atoms with van der Waals surface area (Å²) in [7, 11) is -2.03. The lowest BCUT2D eigenvalue weighted by Crippen LogP contribution is -2.27. The van der Waals surface area contributed by atoms with E-state index in [4.69, 9.17) is 9.88 Å². The zero-order valence-electron chi connectivity index (χ0n) is 10.3. The minimum Gasteiger partial charge on any atom is -0.377 e. The molecule has 1 aliphatic heterocycles. The van der Waals surface area contributed by atoms with Gasteiger partial charge in [-0.15, -0.1) is 10.2 Å². The van der Waals surface area contributed by atoms with Crippen LogP contribution in [0.1, 0.15) is 11.4 Å². The summed E-state index contributed by atoms with van der Waals surface area (Å²) in [5.41, 5.74) is 0. The Bertz CT molecular complexity index is 571. The van der Waals surface area contributed by atoms with Gasteiger partial charge in [0.05, 0.1) is 5.75 Å². The summed E-state index contributed by atoms with van der Waals surface area (Å²) >= 11 is 1.26. The number of anilines is 1. The topological polar surface area (TPSA) is 115 Å². The molecular formula is C9H14N4O4S2. The van der Waals surface area contributed by atoms with Crippen molar-refractivity contribution < 1.29 is 17.9 Å². The van der Waals surface area contributed by atoms with Crippen molar-refractivity contribution in [3.63, 3.8) is 0 Å². The van der Waals surface area contributed by atoms with Crippen molar-refractivity contribution in [3.8, 4) is 0 Å². The van der Waals surface area contributed by atoms with Crippen molar-refractivity contribution in [1.82, 2.24) is 10.2 Å². The van der Waals surface area contributed by atoms with Gasteiger partial charge in [-0.25, -0.2) is 13.6 Å². The van der Waals surface area contributed by atoms with Crippen molar-refractivity contribution in [3.05, 3.63) is 5.01 Å². The molecule has 2 rings (SSSR count). The maximum atomic E-state index is 11.8. The van der Waals surface area contributed by atoms with E-state index in [1.807, 2.05) is 0 Å². The molecule has 10 heteroatoms. The third kappa shape index (κ3) is 3.69. The molecule has 1 unspecified atom stereocenters. The minimum absolute atomic E-state index is 0.159. The number of hydrogen-bond acceptors (Lipinski definition) is 7. The number of amides is 1. The van der Waals surface area contributed by atoms with Crippen LogP contribution in [-0.2, 0) is 26.2 Å². The van der Waals surface area contributed by atoms with Gasteiger partial charge in [-0.1, -0.05) is 11.3 Å². The van der Waals surface area contributed by atoms with E-state index in [1.54, 1.807) is 7.11 Å². The Balaban J connectivity index is 2.06. The van der Waals surface area contributed by atoms with Gasteiger partial charge in [0.2, 0.25) is 21.1 Å². The largest absolute Gasteiger partial charge is 0.377 e. The Kier molecular flexibility index (Phi) is 4.13. The molecule has 0 aromatic carbocycles. The zero-order valence-corrected chi connectivity index (χ0v) is 11.9. The van der Waals surface area contributed by atoms with E-state index in [1.165, 1.54) is 16.2 Å². The molecular weight excluding hydrogens is 292 g/mol. The van der Waals surface area contributed by atoms with E-state index in [2.05, 4.69) is 10.2 Å². The van der Waals surface area contributed by atoms with Gasteiger partial charge >= 0.3 is 0 Å². The molecule has 0 spiro atoms. The van der Waals surface area contributed by atoms with E-state index in [0.29, 0.717) is 23.3 Å². The SMILES string of the molecule is COCc1nnc(N2CC(CS(N)(=O)=O)CC2=O)s1. The number of nitrogens with two attached hydrogens (primary N) is 1. The van der Waals surface area contributed by atoms with Crippen molar-refractivity contribution in [2.45, 2.75) is 13.0 Å². The van der Waals surface area contributed by atoms with Crippen LogP contribution in [0.5, 0.6) is 0 Å². The van der Waals surface area contributed by atoms with Gasteiger partial charge in [0.1, 0.15) is 11.6 Å². The third-order valence-corrected chi connectivity index (χ3v) is 4.48. The molecule has 2 N–H and O–H groups in total. The molecule has 1 saturated heterocycles. The number of hydrogen-bond donors (Lipinski definition) is 1. The number of methoxy groups -OCH3 is 1. The van der Waals surface area contributed by atoms with Crippen molar-refractivity contribution in [2.24, 2.45) is 11.1 Å². The smallest absolute Gasteiger partial charge is 0.229 e. The summed E-state index contributed by atoms with van der Waals surface area (Å²) in [5, 5.41) is 13.9. The maximum Gasteiger partial charge on any atom is 0.229 e. The predicted octanol–water partition coefficient (Wildman–Crippen LogP) is -0.674. The summed E-state index contributed by atoms with van der Waals surface area (Å²) < 4.78 is 27.0. The first-order valence-corrected chi connectivity index (χ1v) is 8.04. The molecule has 1 aliphatic rings. The summed E-state index contributed by atoms with van der Waals surface area (Å²) in [6, 6.07) is 0.